The second kappa shape index (κ2) is 10.1. The van der Waals surface area contributed by atoms with E-state index in [9.17, 15) is 19.2 Å². The number of fused-ring (bicyclic) bond motifs is 1. The van der Waals surface area contributed by atoms with Gasteiger partial charge in [-0.15, -0.1) is 0 Å². The topological polar surface area (TPSA) is 104 Å². The number of carbonyl (C=O) groups is 4. The van der Waals surface area contributed by atoms with E-state index in [-0.39, 0.29) is 43.0 Å². The van der Waals surface area contributed by atoms with Crippen molar-refractivity contribution in [2.75, 3.05) is 31.6 Å². The normalized spacial score (nSPS) is 17.4. The summed E-state index contributed by atoms with van der Waals surface area (Å²) in [6, 6.07) is 5.21. The summed E-state index contributed by atoms with van der Waals surface area (Å²) in [6.07, 6.45) is 3.12. The van der Waals surface area contributed by atoms with Crippen LogP contribution in [0.3, 0.4) is 0 Å². The Labute approximate surface area is 217 Å². The molecule has 2 saturated heterocycles. The highest BCUT2D eigenvalue weighted by molar-refractivity contribution is 6.11. The van der Waals surface area contributed by atoms with Crippen LogP contribution in [-0.4, -0.2) is 76.6 Å². The molecule has 0 radical (unpaired) electrons. The van der Waals surface area contributed by atoms with Crippen LogP contribution < -0.4 is 10.2 Å². The lowest BCUT2D eigenvalue weighted by molar-refractivity contribution is -0.120. The molecule has 1 aromatic heterocycles. The molecule has 2 aliphatic heterocycles. The van der Waals surface area contributed by atoms with E-state index in [1.54, 1.807) is 22.9 Å². The first-order chi connectivity index (χ1) is 17.4. The highest BCUT2D eigenvalue weighted by atomic mass is 16.6. The predicted molar refractivity (Wildman–Crippen MR) is 141 cm³/mol. The third-order valence-electron chi connectivity index (χ3n) is 6.95. The van der Waals surface area contributed by atoms with Gasteiger partial charge < -0.3 is 19.1 Å². The van der Waals surface area contributed by atoms with Gasteiger partial charge in [0.1, 0.15) is 5.60 Å². The summed E-state index contributed by atoms with van der Waals surface area (Å²) in [5.41, 5.74) is 1.39. The fraction of sp³-hybridized carbons (Fsp3) is 0.556. The molecule has 0 spiro atoms. The number of nitrogens with one attached hydrogen (secondary N) is 1. The van der Waals surface area contributed by atoms with Crippen molar-refractivity contribution in [3.63, 3.8) is 0 Å². The molecule has 3 heterocycles. The van der Waals surface area contributed by atoms with Crippen molar-refractivity contribution in [2.24, 2.45) is 0 Å². The van der Waals surface area contributed by atoms with Crippen LogP contribution in [-0.2, 0) is 9.53 Å². The minimum Gasteiger partial charge on any atom is -0.444 e. The van der Waals surface area contributed by atoms with Gasteiger partial charge in [0.2, 0.25) is 5.91 Å². The van der Waals surface area contributed by atoms with Gasteiger partial charge in [-0.25, -0.2) is 9.59 Å². The first-order valence-electron chi connectivity index (χ1n) is 12.9. The van der Waals surface area contributed by atoms with E-state index in [0.29, 0.717) is 37.2 Å². The molecular weight excluding hydrogens is 474 g/mol. The van der Waals surface area contributed by atoms with Crippen LogP contribution in [0.15, 0.2) is 24.4 Å². The Bertz CT molecular complexity index is 1220. The number of amides is 5. The molecule has 2 aliphatic rings. The number of aromatic nitrogens is 1. The number of likely N-dealkylation sites (tertiary alicyclic amines) is 1. The van der Waals surface area contributed by atoms with E-state index in [1.165, 1.54) is 4.90 Å². The van der Waals surface area contributed by atoms with Crippen molar-refractivity contribution in [2.45, 2.75) is 71.6 Å². The summed E-state index contributed by atoms with van der Waals surface area (Å²) >= 11 is 0. The fourth-order valence-corrected chi connectivity index (χ4v) is 4.97. The zero-order valence-corrected chi connectivity index (χ0v) is 22.5. The number of urea groups is 1. The maximum Gasteiger partial charge on any atom is 0.410 e. The third-order valence-corrected chi connectivity index (χ3v) is 6.95. The van der Waals surface area contributed by atoms with Gasteiger partial charge >= 0.3 is 12.1 Å². The summed E-state index contributed by atoms with van der Waals surface area (Å²) in [5, 5.41) is 3.23. The van der Waals surface area contributed by atoms with Crippen molar-refractivity contribution in [3.8, 4) is 0 Å². The van der Waals surface area contributed by atoms with Crippen LogP contribution in [0.5, 0.6) is 0 Å². The van der Waals surface area contributed by atoms with E-state index in [4.69, 9.17) is 4.74 Å². The molecule has 0 atom stereocenters. The van der Waals surface area contributed by atoms with Crippen molar-refractivity contribution >= 4 is 40.5 Å². The molecule has 2 aromatic rings. The standard InChI is InChI=1S/C27H37N5O5/c1-17(2)31-13-9-20-21(31)15-18(16-22(20)32-14-10-23(33)28-25(32)35)24(34)29(6)19-7-11-30(12-8-19)26(36)37-27(3,4)5/h9,13,15-17,19H,7-8,10-12,14H2,1-6H3,(H,28,33,35). The van der Waals surface area contributed by atoms with Crippen LogP contribution in [0.2, 0.25) is 0 Å². The number of piperidine rings is 1. The number of carbonyl (C=O) groups excluding carboxylic acids is 4. The summed E-state index contributed by atoms with van der Waals surface area (Å²) in [5.74, 6) is -0.453. The maximum absolute atomic E-state index is 13.7. The van der Waals surface area contributed by atoms with Gasteiger partial charge in [0.15, 0.2) is 0 Å². The number of nitrogens with zero attached hydrogens (tertiary/aromatic N) is 4. The zero-order chi connectivity index (χ0) is 27.1. The van der Waals surface area contributed by atoms with Gasteiger partial charge in [-0.2, -0.15) is 0 Å². The summed E-state index contributed by atoms with van der Waals surface area (Å²) in [6.45, 7) is 10.9. The average molecular weight is 512 g/mol. The molecule has 0 saturated carbocycles. The maximum atomic E-state index is 13.7. The minimum atomic E-state index is -0.552. The quantitative estimate of drug-likeness (QED) is 0.664. The fourth-order valence-electron chi connectivity index (χ4n) is 4.97. The van der Waals surface area contributed by atoms with Gasteiger partial charge in [0, 0.05) is 62.3 Å². The van der Waals surface area contributed by atoms with Crippen LogP contribution in [0.4, 0.5) is 15.3 Å². The monoisotopic (exact) mass is 511 g/mol. The molecule has 1 N–H and O–H groups in total. The van der Waals surface area contributed by atoms with E-state index >= 15 is 0 Å². The summed E-state index contributed by atoms with van der Waals surface area (Å²) in [4.78, 5) is 55.5. The Kier molecular flexibility index (Phi) is 7.21. The molecular formula is C27H37N5O5. The number of rotatable bonds is 4. The van der Waals surface area contributed by atoms with E-state index in [0.717, 1.165) is 10.9 Å². The molecule has 2 fully saturated rings. The highest BCUT2D eigenvalue weighted by Crippen LogP contribution is 2.33. The molecule has 5 amide bonds. The summed E-state index contributed by atoms with van der Waals surface area (Å²) < 4.78 is 7.56. The summed E-state index contributed by atoms with van der Waals surface area (Å²) in [7, 11) is 1.79. The highest BCUT2D eigenvalue weighted by Gasteiger charge is 2.32. The minimum absolute atomic E-state index is 0.0295. The number of anilines is 1. The van der Waals surface area contributed by atoms with Crippen molar-refractivity contribution in [1.29, 1.82) is 0 Å². The molecule has 37 heavy (non-hydrogen) atoms. The SMILES string of the molecule is CC(C)n1ccc2c(N3CCC(=O)NC3=O)cc(C(=O)N(C)C3CCN(C(=O)OC(C)(C)C)CC3)cc21. The van der Waals surface area contributed by atoms with Gasteiger partial charge in [-0.1, -0.05) is 0 Å². The molecule has 10 heteroatoms. The van der Waals surface area contributed by atoms with Crippen LogP contribution in [0.1, 0.15) is 70.3 Å². The molecule has 200 valence electrons. The Hall–Kier alpha value is -3.56. The number of ether oxygens (including phenoxy) is 1. The van der Waals surface area contributed by atoms with Crippen LogP contribution in [0, 0.1) is 0 Å². The van der Waals surface area contributed by atoms with Crippen molar-refractivity contribution in [1.82, 2.24) is 19.7 Å². The number of hydrogen-bond donors (Lipinski definition) is 1. The van der Waals surface area contributed by atoms with Crippen molar-refractivity contribution < 1.29 is 23.9 Å². The van der Waals surface area contributed by atoms with E-state index in [1.807, 2.05) is 39.1 Å². The second-order valence-electron chi connectivity index (χ2n) is 11.1. The molecule has 1 aromatic carbocycles. The number of benzene rings is 1. The third kappa shape index (κ3) is 5.57. The lowest BCUT2D eigenvalue weighted by Crippen LogP contribution is -2.50. The van der Waals surface area contributed by atoms with Gasteiger partial charge in [0.25, 0.3) is 5.91 Å². The molecule has 4 rings (SSSR count). The Balaban J connectivity index is 1.58. The second-order valence-corrected chi connectivity index (χ2v) is 11.1. The zero-order valence-electron chi connectivity index (χ0n) is 22.5. The van der Waals surface area contributed by atoms with Gasteiger partial charge in [-0.05, 0) is 65.7 Å². The van der Waals surface area contributed by atoms with Gasteiger partial charge in [-0.3, -0.25) is 19.8 Å². The molecule has 0 unspecified atom stereocenters. The molecule has 0 aliphatic carbocycles. The largest absolute Gasteiger partial charge is 0.444 e. The number of hydrogen-bond acceptors (Lipinski definition) is 5. The average Bonchev–Trinajstić information content (AvgIpc) is 3.26. The molecule has 10 nitrogen and oxygen atoms in total. The van der Waals surface area contributed by atoms with E-state index < -0.39 is 11.6 Å². The van der Waals surface area contributed by atoms with Gasteiger partial charge in [0.05, 0.1) is 11.2 Å². The Morgan fingerprint density at radius 2 is 1.78 bits per heavy atom. The van der Waals surface area contributed by atoms with Crippen LogP contribution in [0.25, 0.3) is 10.9 Å². The number of imide groups is 1. The lowest BCUT2D eigenvalue weighted by atomic mass is 10.0. The Morgan fingerprint density at radius 1 is 1.11 bits per heavy atom. The smallest absolute Gasteiger partial charge is 0.410 e. The van der Waals surface area contributed by atoms with E-state index in [2.05, 4.69) is 23.7 Å². The molecule has 0 bridgehead atoms. The first-order valence-corrected chi connectivity index (χ1v) is 12.9. The predicted octanol–water partition coefficient (Wildman–Crippen LogP) is 4.14. The lowest BCUT2D eigenvalue weighted by Gasteiger charge is -2.37. The first kappa shape index (κ1) is 26.5. The van der Waals surface area contributed by atoms with Crippen molar-refractivity contribution in [3.05, 3.63) is 30.0 Å². The Morgan fingerprint density at radius 3 is 2.38 bits per heavy atom. The van der Waals surface area contributed by atoms with Crippen LogP contribution >= 0.6 is 0 Å².